The summed E-state index contributed by atoms with van der Waals surface area (Å²) < 4.78 is 23.4. The lowest BCUT2D eigenvalue weighted by Crippen LogP contribution is -2.64. The molecule has 3 atom stereocenters. The van der Waals surface area contributed by atoms with E-state index in [0.717, 1.165) is 17.4 Å². The molecule has 0 aliphatic carbocycles. The number of hydrogen-bond donors (Lipinski definition) is 1. The minimum Gasteiger partial charge on any atom is -0.384 e. The normalized spacial score (nSPS) is 19.9. The van der Waals surface area contributed by atoms with Gasteiger partial charge >= 0.3 is 0 Å². The summed E-state index contributed by atoms with van der Waals surface area (Å²) in [5.41, 5.74) is 7.59. The van der Waals surface area contributed by atoms with Crippen LogP contribution in [0.25, 0.3) is 0 Å². The molecule has 1 aromatic heterocycles. The van der Waals surface area contributed by atoms with E-state index in [1.54, 1.807) is 18.3 Å². The number of nitrogens with zero attached hydrogens (tertiary/aromatic N) is 2. The van der Waals surface area contributed by atoms with Crippen molar-refractivity contribution in [1.29, 1.82) is 0 Å². The van der Waals surface area contributed by atoms with Gasteiger partial charge in [-0.05, 0) is 42.0 Å². The van der Waals surface area contributed by atoms with Gasteiger partial charge < -0.3 is 5.73 Å². The van der Waals surface area contributed by atoms with Gasteiger partial charge in [0, 0.05) is 18.9 Å². The van der Waals surface area contributed by atoms with Gasteiger partial charge in [-0.1, -0.05) is 37.3 Å². The molecule has 2 heterocycles. The zero-order valence-corrected chi connectivity index (χ0v) is 18.0. The van der Waals surface area contributed by atoms with Crippen molar-refractivity contribution >= 4 is 27.5 Å². The molecule has 1 fully saturated rings. The second-order valence-electron chi connectivity index (χ2n) is 8.00. The van der Waals surface area contributed by atoms with Crippen LogP contribution in [0.1, 0.15) is 36.8 Å². The van der Waals surface area contributed by atoms with Crippen LogP contribution >= 0.6 is 0 Å². The molecule has 7 nitrogen and oxygen atoms in total. The highest BCUT2D eigenvalue weighted by atomic mass is 32.2. The molecule has 2 aromatic rings. The van der Waals surface area contributed by atoms with Crippen molar-refractivity contribution < 1.29 is 18.0 Å². The van der Waals surface area contributed by atoms with E-state index in [0.29, 0.717) is 12.2 Å². The quantitative estimate of drug-likeness (QED) is 0.644. The number of hydrogen-bond acceptors (Lipinski definition) is 6. The molecule has 1 aromatic carbocycles. The summed E-state index contributed by atoms with van der Waals surface area (Å²) in [5, 5.41) is 0. The zero-order valence-electron chi connectivity index (χ0n) is 17.2. The van der Waals surface area contributed by atoms with E-state index in [4.69, 9.17) is 5.73 Å². The summed E-state index contributed by atoms with van der Waals surface area (Å²) in [6, 6.07) is 12.7. The average molecular weight is 430 g/mol. The maximum atomic E-state index is 12.9. The van der Waals surface area contributed by atoms with Crippen LogP contribution in [0.3, 0.4) is 0 Å². The van der Waals surface area contributed by atoms with E-state index in [9.17, 15) is 18.0 Å². The smallest absolute Gasteiger partial charge is 0.234 e. The van der Waals surface area contributed by atoms with Crippen molar-refractivity contribution in [3.8, 4) is 0 Å². The van der Waals surface area contributed by atoms with Crippen molar-refractivity contribution in [3.05, 3.63) is 59.8 Å². The number of benzene rings is 1. The fraction of sp³-hybridized carbons (Fsp3) is 0.409. The van der Waals surface area contributed by atoms with E-state index in [1.807, 2.05) is 37.3 Å². The first-order chi connectivity index (χ1) is 14.2. The predicted octanol–water partition coefficient (Wildman–Crippen LogP) is 2.19. The van der Waals surface area contributed by atoms with E-state index in [1.165, 1.54) is 4.90 Å². The van der Waals surface area contributed by atoms with E-state index in [-0.39, 0.29) is 36.3 Å². The largest absolute Gasteiger partial charge is 0.384 e. The zero-order chi connectivity index (χ0) is 21.9. The Morgan fingerprint density at radius 3 is 2.57 bits per heavy atom. The molecule has 0 saturated carbocycles. The molecular formula is C22H27N3O4S. The van der Waals surface area contributed by atoms with Gasteiger partial charge in [-0.2, -0.15) is 0 Å². The van der Waals surface area contributed by atoms with Crippen molar-refractivity contribution in [2.75, 3.05) is 17.7 Å². The fourth-order valence-corrected chi connectivity index (χ4v) is 4.61. The van der Waals surface area contributed by atoms with E-state index in [2.05, 4.69) is 4.98 Å². The van der Waals surface area contributed by atoms with Crippen molar-refractivity contribution in [1.82, 2.24) is 9.88 Å². The van der Waals surface area contributed by atoms with Gasteiger partial charge in [0.2, 0.25) is 11.8 Å². The number of imide groups is 1. The summed E-state index contributed by atoms with van der Waals surface area (Å²) in [7, 11) is -3.21. The average Bonchev–Trinajstić information content (AvgIpc) is 2.68. The number of sulfone groups is 1. The van der Waals surface area contributed by atoms with Gasteiger partial charge in [0.05, 0.1) is 17.7 Å². The van der Waals surface area contributed by atoms with E-state index < -0.39 is 21.8 Å². The highest BCUT2D eigenvalue weighted by molar-refractivity contribution is 7.90. The van der Waals surface area contributed by atoms with Crippen LogP contribution in [0.4, 0.5) is 5.82 Å². The molecule has 2 amide bonds. The van der Waals surface area contributed by atoms with Crippen molar-refractivity contribution in [2.45, 2.75) is 38.1 Å². The Hall–Kier alpha value is -2.74. The summed E-state index contributed by atoms with van der Waals surface area (Å²) in [5.74, 6) is -0.713. The molecule has 8 heteroatoms. The lowest BCUT2D eigenvalue weighted by atomic mass is 9.80. The van der Waals surface area contributed by atoms with Crippen LogP contribution in [0.2, 0.25) is 0 Å². The lowest BCUT2D eigenvalue weighted by molar-refractivity contribution is -0.166. The summed E-state index contributed by atoms with van der Waals surface area (Å²) >= 11 is 0. The topological polar surface area (TPSA) is 110 Å². The minimum absolute atomic E-state index is 0.0406. The first-order valence-electron chi connectivity index (χ1n) is 9.94. The summed E-state index contributed by atoms with van der Waals surface area (Å²) in [4.78, 5) is 31.0. The molecule has 0 spiro atoms. The third-order valence-electron chi connectivity index (χ3n) is 5.55. The molecule has 2 N–H and O–H groups in total. The first kappa shape index (κ1) is 22.0. The van der Waals surface area contributed by atoms with Crippen molar-refractivity contribution in [3.63, 3.8) is 0 Å². The monoisotopic (exact) mass is 429 g/mol. The number of aromatic nitrogens is 1. The molecule has 1 aliphatic heterocycles. The number of β-lactam (4-membered cyclic amide) rings is 1. The number of nitrogens with two attached hydrogens (primary N) is 1. The number of anilines is 1. The third-order valence-corrected chi connectivity index (χ3v) is 6.53. The molecule has 1 aliphatic rings. The molecule has 3 rings (SSSR count). The highest BCUT2D eigenvalue weighted by Crippen LogP contribution is 2.34. The van der Waals surface area contributed by atoms with Gasteiger partial charge in [0.15, 0.2) is 0 Å². The number of carbonyl (C=O) groups excluding carboxylic acids is 2. The maximum Gasteiger partial charge on any atom is 0.234 e. The van der Waals surface area contributed by atoms with Crippen LogP contribution in [-0.2, 0) is 25.8 Å². The van der Waals surface area contributed by atoms with Crippen LogP contribution in [0, 0.1) is 5.92 Å². The number of rotatable bonds is 8. The molecule has 0 unspecified atom stereocenters. The number of likely N-dealkylation sites (tertiary alicyclic amines) is 1. The Morgan fingerprint density at radius 1 is 1.23 bits per heavy atom. The second-order valence-corrected chi connectivity index (χ2v) is 10.3. The molecule has 0 radical (unpaired) electrons. The second kappa shape index (κ2) is 8.95. The molecule has 1 saturated heterocycles. The van der Waals surface area contributed by atoms with Crippen LogP contribution < -0.4 is 5.73 Å². The third kappa shape index (κ3) is 5.24. The Kier molecular flexibility index (Phi) is 6.55. The summed E-state index contributed by atoms with van der Waals surface area (Å²) in [6.07, 6.45) is 3.57. The predicted molar refractivity (Wildman–Crippen MR) is 115 cm³/mol. The van der Waals surface area contributed by atoms with Gasteiger partial charge in [-0.3, -0.25) is 14.5 Å². The molecule has 30 heavy (non-hydrogen) atoms. The Labute approximate surface area is 177 Å². The minimum atomic E-state index is -3.21. The Balaban J connectivity index is 1.74. The molecule has 160 valence electrons. The van der Waals surface area contributed by atoms with Crippen LogP contribution in [0.5, 0.6) is 0 Å². The fourth-order valence-electron chi connectivity index (χ4n) is 3.94. The number of nitrogen functional groups attached to an aromatic ring is 1. The summed E-state index contributed by atoms with van der Waals surface area (Å²) in [6.45, 7) is 1.94. The highest BCUT2D eigenvalue weighted by Gasteiger charge is 2.50. The Bertz CT molecular complexity index is 1020. The first-order valence-corrected chi connectivity index (χ1v) is 12.0. The molecular weight excluding hydrogens is 402 g/mol. The van der Waals surface area contributed by atoms with Gasteiger partial charge in [0.25, 0.3) is 0 Å². The standard InChI is InChI=1S/C22H27N3O4S/c1-15(17-6-4-3-5-7-17)12-21(26)25-19(9-11-30(2,28)29)18(22(25)27)13-16-8-10-24-20(23)14-16/h3-8,10,14-15,18-19H,9,11-13H2,1-2H3,(H2,23,24)/t15-,18+,19+/m0/s1. The number of carbonyl (C=O) groups is 2. The van der Waals surface area contributed by atoms with Gasteiger partial charge in [0.1, 0.15) is 15.7 Å². The molecule has 0 bridgehead atoms. The van der Waals surface area contributed by atoms with Crippen LogP contribution in [-0.4, -0.2) is 48.2 Å². The SMILES string of the molecule is C[C@@H](CC(=O)N1C(=O)[C@H](Cc2ccnc(N)c2)[C@H]1CCS(C)(=O)=O)c1ccccc1. The van der Waals surface area contributed by atoms with Gasteiger partial charge in [-0.15, -0.1) is 0 Å². The lowest BCUT2D eigenvalue weighted by Gasteiger charge is -2.46. The number of pyridine rings is 1. The van der Waals surface area contributed by atoms with Crippen LogP contribution in [0.15, 0.2) is 48.7 Å². The van der Waals surface area contributed by atoms with Crippen molar-refractivity contribution in [2.24, 2.45) is 5.92 Å². The van der Waals surface area contributed by atoms with E-state index >= 15 is 0 Å². The van der Waals surface area contributed by atoms with Gasteiger partial charge in [-0.25, -0.2) is 13.4 Å². The maximum absolute atomic E-state index is 12.9. The number of amides is 2. The Morgan fingerprint density at radius 2 is 1.93 bits per heavy atom.